The topological polar surface area (TPSA) is 29.5 Å². The third kappa shape index (κ3) is 4.88. The van der Waals surface area contributed by atoms with E-state index in [1.54, 1.807) is 42.5 Å². The van der Waals surface area contributed by atoms with Crippen LogP contribution in [0, 0.1) is 11.6 Å². The molecule has 0 spiro atoms. The molecular formula is C23H13BrClF2NO2S2. The summed E-state index contributed by atoms with van der Waals surface area (Å²) in [5, 5.41) is -0.101. The Labute approximate surface area is 206 Å². The molecule has 0 radical (unpaired) electrons. The summed E-state index contributed by atoms with van der Waals surface area (Å²) in [4.78, 5) is 14.7. The summed E-state index contributed by atoms with van der Waals surface area (Å²) in [6.07, 6.45) is 1.66. The summed E-state index contributed by atoms with van der Waals surface area (Å²) >= 11 is 15.8. The maximum absolute atomic E-state index is 13.9. The zero-order chi connectivity index (χ0) is 22.8. The summed E-state index contributed by atoms with van der Waals surface area (Å²) < 4.78 is 34.4. The van der Waals surface area contributed by atoms with Crippen molar-refractivity contribution in [2.24, 2.45) is 0 Å². The molecule has 1 amide bonds. The molecule has 1 aliphatic heterocycles. The van der Waals surface area contributed by atoms with Crippen molar-refractivity contribution in [3.8, 4) is 5.75 Å². The standard InChI is InChI=1S/C23H13BrClF2NO2S2/c24-15-5-8-20(30-12-13-3-1-2-4-18(13)26)14(9-15)10-21-22(29)28(23(31)32-21)16-6-7-19(27)17(25)11-16/h1-11H,12H2/b21-10+. The number of hydrogen-bond donors (Lipinski definition) is 0. The zero-order valence-electron chi connectivity index (χ0n) is 16.2. The number of hydrogen-bond acceptors (Lipinski definition) is 4. The molecule has 0 aromatic heterocycles. The first-order chi connectivity index (χ1) is 15.3. The average Bonchev–Trinajstić information content (AvgIpc) is 3.03. The Morgan fingerprint density at radius 1 is 1.09 bits per heavy atom. The fourth-order valence-electron chi connectivity index (χ4n) is 2.99. The lowest BCUT2D eigenvalue weighted by atomic mass is 10.1. The van der Waals surface area contributed by atoms with Crippen LogP contribution in [0.25, 0.3) is 6.08 Å². The van der Waals surface area contributed by atoms with Gasteiger partial charge in [-0.25, -0.2) is 8.78 Å². The molecule has 0 bridgehead atoms. The SMILES string of the molecule is O=C1/C(=C\c2cc(Br)ccc2OCc2ccccc2F)SC(=S)N1c1ccc(F)c(Cl)c1. The van der Waals surface area contributed by atoms with Crippen molar-refractivity contribution in [2.75, 3.05) is 4.90 Å². The number of nitrogens with zero attached hydrogens (tertiary/aromatic N) is 1. The van der Waals surface area contributed by atoms with Crippen LogP contribution in [0.2, 0.25) is 5.02 Å². The average molecular weight is 553 g/mol. The van der Waals surface area contributed by atoms with Gasteiger partial charge in [-0.2, -0.15) is 0 Å². The minimum atomic E-state index is -0.581. The minimum Gasteiger partial charge on any atom is -0.488 e. The van der Waals surface area contributed by atoms with Gasteiger partial charge in [-0.05, 0) is 48.5 Å². The van der Waals surface area contributed by atoms with Gasteiger partial charge in [-0.1, -0.05) is 69.7 Å². The van der Waals surface area contributed by atoms with Gasteiger partial charge < -0.3 is 4.74 Å². The van der Waals surface area contributed by atoms with Crippen LogP contribution in [0.3, 0.4) is 0 Å². The summed E-state index contributed by atoms with van der Waals surface area (Å²) in [6, 6.07) is 15.7. The van der Waals surface area contributed by atoms with E-state index in [-0.39, 0.29) is 23.4 Å². The molecule has 0 saturated carbocycles. The monoisotopic (exact) mass is 551 g/mol. The van der Waals surface area contributed by atoms with E-state index in [4.69, 9.17) is 28.6 Å². The molecule has 0 N–H and O–H groups in total. The highest BCUT2D eigenvalue weighted by Crippen LogP contribution is 2.38. The fourth-order valence-corrected chi connectivity index (χ4v) is 4.83. The van der Waals surface area contributed by atoms with Crippen molar-refractivity contribution in [2.45, 2.75) is 6.61 Å². The fraction of sp³-hybridized carbons (Fsp3) is 0.0435. The van der Waals surface area contributed by atoms with Crippen LogP contribution < -0.4 is 9.64 Å². The molecule has 0 aliphatic carbocycles. The Kier molecular flexibility index (Phi) is 6.95. The normalized spacial score (nSPS) is 15.0. The highest BCUT2D eigenvalue weighted by Gasteiger charge is 2.33. The van der Waals surface area contributed by atoms with Gasteiger partial charge in [0.05, 0.1) is 15.6 Å². The molecule has 3 aromatic carbocycles. The van der Waals surface area contributed by atoms with E-state index in [1.165, 1.54) is 29.2 Å². The first-order valence-corrected chi connectivity index (χ1v) is 11.6. The van der Waals surface area contributed by atoms with E-state index in [0.717, 1.165) is 16.2 Å². The number of thiocarbonyl (C=S) groups is 1. The number of anilines is 1. The van der Waals surface area contributed by atoms with Crippen molar-refractivity contribution in [3.63, 3.8) is 0 Å². The van der Waals surface area contributed by atoms with Crippen LogP contribution in [0.1, 0.15) is 11.1 Å². The number of thioether (sulfide) groups is 1. The van der Waals surface area contributed by atoms with Gasteiger partial charge in [0, 0.05) is 15.6 Å². The zero-order valence-corrected chi connectivity index (χ0v) is 20.1. The summed E-state index contributed by atoms with van der Waals surface area (Å²) in [5.41, 5.74) is 1.42. The number of halogens is 4. The van der Waals surface area contributed by atoms with Gasteiger partial charge in [-0.15, -0.1) is 0 Å². The van der Waals surface area contributed by atoms with Crippen molar-refractivity contribution in [3.05, 3.63) is 97.8 Å². The van der Waals surface area contributed by atoms with Crippen LogP contribution in [-0.2, 0) is 11.4 Å². The van der Waals surface area contributed by atoms with Gasteiger partial charge in [0.15, 0.2) is 4.32 Å². The number of ether oxygens (including phenoxy) is 1. The van der Waals surface area contributed by atoms with Gasteiger partial charge >= 0.3 is 0 Å². The van der Waals surface area contributed by atoms with Crippen molar-refractivity contribution in [1.82, 2.24) is 0 Å². The number of benzene rings is 3. The summed E-state index contributed by atoms with van der Waals surface area (Å²) in [6.45, 7) is 0.0319. The second-order valence-corrected chi connectivity index (χ2v) is 9.68. The Bertz CT molecular complexity index is 1270. The molecule has 1 saturated heterocycles. The number of carbonyl (C=O) groups excluding carboxylic acids is 1. The van der Waals surface area contributed by atoms with Crippen molar-refractivity contribution in [1.29, 1.82) is 0 Å². The second-order valence-electron chi connectivity index (χ2n) is 6.68. The van der Waals surface area contributed by atoms with Gasteiger partial charge in [0.2, 0.25) is 0 Å². The van der Waals surface area contributed by atoms with E-state index >= 15 is 0 Å². The van der Waals surface area contributed by atoms with Crippen LogP contribution in [0.15, 0.2) is 70.0 Å². The van der Waals surface area contributed by atoms with Crippen molar-refractivity contribution < 1.29 is 18.3 Å². The number of rotatable bonds is 5. The molecule has 162 valence electrons. The maximum Gasteiger partial charge on any atom is 0.270 e. The maximum atomic E-state index is 13.9. The van der Waals surface area contributed by atoms with E-state index in [1.807, 2.05) is 0 Å². The number of amides is 1. The molecule has 1 heterocycles. The van der Waals surface area contributed by atoms with Crippen LogP contribution in [0.4, 0.5) is 14.5 Å². The quantitative estimate of drug-likeness (QED) is 0.244. The molecule has 1 fully saturated rings. The Morgan fingerprint density at radius 2 is 1.88 bits per heavy atom. The van der Waals surface area contributed by atoms with Gasteiger partial charge in [0.25, 0.3) is 5.91 Å². The highest BCUT2D eigenvalue weighted by atomic mass is 79.9. The third-order valence-electron chi connectivity index (χ3n) is 4.55. The van der Waals surface area contributed by atoms with Crippen LogP contribution >= 0.6 is 51.5 Å². The van der Waals surface area contributed by atoms with Crippen LogP contribution in [0.5, 0.6) is 5.75 Å². The molecular weight excluding hydrogens is 540 g/mol. The molecule has 9 heteroatoms. The first kappa shape index (κ1) is 22.9. The summed E-state index contributed by atoms with van der Waals surface area (Å²) in [5.74, 6) is -0.818. The predicted molar refractivity (Wildman–Crippen MR) is 132 cm³/mol. The van der Waals surface area contributed by atoms with E-state index in [2.05, 4.69) is 15.9 Å². The molecule has 0 atom stereocenters. The lowest BCUT2D eigenvalue weighted by molar-refractivity contribution is -0.113. The lowest BCUT2D eigenvalue weighted by Crippen LogP contribution is -2.27. The molecule has 3 nitrogen and oxygen atoms in total. The van der Waals surface area contributed by atoms with Crippen molar-refractivity contribution >= 4 is 73.5 Å². The molecule has 32 heavy (non-hydrogen) atoms. The predicted octanol–water partition coefficient (Wildman–Crippen LogP) is 7.37. The highest BCUT2D eigenvalue weighted by molar-refractivity contribution is 9.10. The van der Waals surface area contributed by atoms with Gasteiger partial charge in [0.1, 0.15) is 24.0 Å². The smallest absolute Gasteiger partial charge is 0.270 e. The van der Waals surface area contributed by atoms with E-state index in [9.17, 15) is 13.6 Å². The Balaban J connectivity index is 1.62. The lowest BCUT2D eigenvalue weighted by Gasteiger charge is -2.15. The largest absolute Gasteiger partial charge is 0.488 e. The van der Waals surface area contributed by atoms with E-state index < -0.39 is 5.82 Å². The van der Waals surface area contributed by atoms with E-state index in [0.29, 0.717) is 31.8 Å². The molecule has 0 unspecified atom stereocenters. The number of carbonyl (C=O) groups is 1. The van der Waals surface area contributed by atoms with Gasteiger partial charge in [-0.3, -0.25) is 9.69 Å². The Hall–Kier alpha value is -2.26. The first-order valence-electron chi connectivity index (χ1n) is 9.22. The Morgan fingerprint density at radius 3 is 2.62 bits per heavy atom. The molecule has 4 rings (SSSR count). The molecule has 3 aromatic rings. The van der Waals surface area contributed by atoms with Crippen LogP contribution in [-0.4, -0.2) is 10.2 Å². The third-order valence-corrected chi connectivity index (χ3v) is 6.64. The molecule has 1 aliphatic rings. The second kappa shape index (κ2) is 9.70. The summed E-state index contributed by atoms with van der Waals surface area (Å²) in [7, 11) is 0. The minimum absolute atomic E-state index is 0.0319.